The number of thiophene rings is 1. The van der Waals surface area contributed by atoms with Gasteiger partial charge in [-0.2, -0.15) is 0 Å². The second kappa shape index (κ2) is 8.50. The van der Waals surface area contributed by atoms with Gasteiger partial charge in [-0.3, -0.25) is 4.79 Å². The van der Waals surface area contributed by atoms with E-state index in [1.54, 1.807) is 11.3 Å². The number of carbonyl (C=O) groups is 1. The molecule has 98 valence electrons. The third-order valence-corrected chi connectivity index (χ3v) is 3.30. The van der Waals surface area contributed by atoms with Crippen LogP contribution in [0.25, 0.3) is 0 Å². The Labute approximate surface area is 114 Å². The van der Waals surface area contributed by atoms with Crippen LogP contribution in [0, 0.1) is 0 Å². The van der Waals surface area contributed by atoms with E-state index >= 15 is 0 Å². The molecule has 17 heavy (non-hydrogen) atoms. The fraction of sp³-hybridized carbons (Fsp3) is 0.583. The van der Waals surface area contributed by atoms with E-state index in [0.717, 1.165) is 13.1 Å². The highest BCUT2D eigenvalue weighted by Gasteiger charge is 2.16. The average molecular weight is 277 g/mol. The van der Waals surface area contributed by atoms with Crippen molar-refractivity contribution in [3.8, 4) is 0 Å². The summed E-state index contributed by atoms with van der Waals surface area (Å²) < 4.78 is 0. The standard InChI is InChI=1S/C12H20N2OS.ClH/c1-10(2)14(12(15)6-7-13-3)9-11-5-4-8-16-11;/h4-5,8,10,13H,6-7,9H2,1-3H3;1H. The van der Waals surface area contributed by atoms with E-state index in [9.17, 15) is 4.79 Å². The summed E-state index contributed by atoms with van der Waals surface area (Å²) in [5, 5.41) is 5.05. The number of rotatable bonds is 6. The number of halogens is 1. The first-order chi connectivity index (χ1) is 7.65. The van der Waals surface area contributed by atoms with Crippen LogP contribution in [0.5, 0.6) is 0 Å². The Balaban J connectivity index is 0.00000256. The Morgan fingerprint density at radius 1 is 1.53 bits per heavy atom. The second-order valence-electron chi connectivity index (χ2n) is 4.05. The molecule has 0 fully saturated rings. The molecule has 1 aromatic heterocycles. The first kappa shape index (κ1) is 16.4. The largest absolute Gasteiger partial charge is 0.335 e. The van der Waals surface area contributed by atoms with Crippen molar-refractivity contribution in [1.29, 1.82) is 0 Å². The molecule has 0 aliphatic rings. The van der Waals surface area contributed by atoms with Gasteiger partial charge in [0.15, 0.2) is 0 Å². The zero-order chi connectivity index (χ0) is 12.0. The van der Waals surface area contributed by atoms with Gasteiger partial charge >= 0.3 is 0 Å². The minimum Gasteiger partial charge on any atom is -0.335 e. The van der Waals surface area contributed by atoms with Gasteiger partial charge in [0.05, 0.1) is 6.54 Å². The summed E-state index contributed by atoms with van der Waals surface area (Å²) in [6.45, 7) is 5.60. The van der Waals surface area contributed by atoms with Crippen LogP contribution in [-0.4, -0.2) is 30.4 Å². The van der Waals surface area contributed by atoms with Gasteiger partial charge in [-0.15, -0.1) is 23.7 Å². The monoisotopic (exact) mass is 276 g/mol. The highest BCUT2D eigenvalue weighted by molar-refractivity contribution is 7.09. The van der Waals surface area contributed by atoms with Crippen LogP contribution in [-0.2, 0) is 11.3 Å². The van der Waals surface area contributed by atoms with Crippen LogP contribution in [0.4, 0.5) is 0 Å². The van der Waals surface area contributed by atoms with Gasteiger partial charge in [-0.1, -0.05) is 6.07 Å². The topological polar surface area (TPSA) is 32.3 Å². The van der Waals surface area contributed by atoms with Crippen LogP contribution < -0.4 is 5.32 Å². The fourth-order valence-electron chi connectivity index (χ4n) is 1.50. The van der Waals surface area contributed by atoms with E-state index in [1.807, 2.05) is 23.4 Å². The number of hydrogen-bond acceptors (Lipinski definition) is 3. The van der Waals surface area contributed by atoms with E-state index < -0.39 is 0 Å². The van der Waals surface area contributed by atoms with Crippen LogP contribution in [0.2, 0.25) is 0 Å². The van der Waals surface area contributed by atoms with Gasteiger partial charge in [-0.25, -0.2) is 0 Å². The Kier molecular flexibility index (Phi) is 8.21. The number of carbonyl (C=O) groups excluding carboxylic acids is 1. The molecule has 0 bridgehead atoms. The minimum absolute atomic E-state index is 0. The Bertz CT molecular complexity index is 314. The van der Waals surface area contributed by atoms with Crippen molar-refractivity contribution in [1.82, 2.24) is 10.2 Å². The van der Waals surface area contributed by atoms with Crippen LogP contribution in [0.1, 0.15) is 25.1 Å². The molecule has 1 N–H and O–H groups in total. The lowest BCUT2D eigenvalue weighted by Crippen LogP contribution is -2.37. The fourth-order valence-corrected chi connectivity index (χ4v) is 2.21. The molecule has 0 atom stereocenters. The summed E-state index contributed by atoms with van der Waals surface area (Å²) in [7, 11) is 1.87. The molecule has 1 rings (SSSR count). The highest BCUT2D eigenvalue weighted by Crippen LogP contribution is 2.14. The molecule has 0 aliphatic heterocycles. The zero-order valence-electron chi connectivity index (χ0n) is 10.6. The first-order valence-corrected chi connectivity index (χ1v) is 6.49. The van der Waals surface area contributed by atoms with E-state index in [1.165, 1.54) is 4.88 Å². The number of nitrogens with one attached hydrogen (secondary N) is 1. The predicted octanol–water partition coefficient (Wildman–Crippen LogP) is 2.52. The Morgan fingerprint density at radius 3 is 2.71 bits per heavy atom. The molecule has 0 spiro atoms. The van der Waals surface area contributed by atoms with E-state index in [4.69, 9.17) is 0 Å². The van der Waals surface area contributed by atoms with Gasteiger partial charge < -0.3 is 10.2 Å². The van der Waals surface area contributed by atoms with Gasteiger partial charge in [0.25, 0.3) is 0 Å². The molecule has 0 aromatic carbocycles. The summed E-state index contributed by atoms with van der Waals surface area (Å²) in [5.41, 5.74) is 0. The third-order valence-electron chi connectivity index (χ3n) is 2.44. The van der Waals surface area contributed by atoms with Gasteiger partial charge in [0.1, 0.15) is 0 Å². The molecule has 0 radical (unpaired) electrons. The molecular formula is C12H21ClN2OS. The van der Waals surface area contributed by atoms with Crippen molar-refractivity contribution in [2.75, 3.05) is 13.6 Å². The number of hydrogen-bond donors (Lipinski definition) is 1. The summed E-state index contributed by atoms with van der Waals surface area (Å²) in [6.07, 6.45) is 0.569. The number of amides is 1. The molecule has 0 saturated carbocycles. The normalized spacial score (nSPS) is 10.1. The van der Waals surface area contributed by atoms with Gasteiger partial charge in [0.2, 0.25) is 5.91 Å². The lowest BCUT2D eigenvalue weighted by atomic mass is 10.2. The zero-order valence-corrected chi connectivity index (χ0v) is 12.2. The molecule has 1 amide bonds. The maximum absolute atomic E-state index is 12.0. The molecule has 1 heterocycles. The Hall–Kier alpha value is -0.580. The predicted molar refractivity (Wildman–Crippen MR) is 75.8 cm³/mol. The van der Waals surface area contributed by atoms with Crippen molar-refractivity contribution < 1.29 is 4.79 Å². The maximum atomic E-state index is 12.0. The maximum Gasteiger partial charge on any atom is 0.224 e. The van der Waals surface area contributed by atoms with E-state index in [-0.39, 0.29) is 24.4 Å². The number of nitrogens with zero attached hydrogens (tertiary/aromatic N) is 1. The minimum atomic E-state index is 0. The smallest absolute Gasteiger partial charge is 0.224 e. The van der Waals surface area contributed by atoms with Crippen LogP contribution >= 0.6 is 23.7 Å². The summed E-state index contributed by atoms with van der Waals surface area (Å²) >= 11 is 1.70. The summed E-state index contributed by atoms with van der Waals surface area (Å²) in [5.74, 6) is 0.220. The van der Waals surface area contributed by atoms with Crippen molar-refractivity contribution in [3.05, 3.63) is 22.4 Å². The molecule has 5 heteroatoms. The van der Waals surface area contributed by atoms with Crippen molar-refractivity contribution in [2.45, 2.75) is 32.9 Å². The van der Waals surface area contributed by atoms with Crippen molar-refractivity contribution >= 4 is 29.7 Å². The first-order valence-electron chi connectivity index (χ1n) is 5.61. The quantitative estimate of drug-likeness (QED) is 0.866. The molecule has 0 saturated heterocycles. The second-order valence-corrected chi connectivity index (χ2v) is 5.08. The van der Waals surface area contributed by atoms with E-state index in [0.29, 0.717) is 6.42 Å². The van der Waals surface area contributed by atoms with Crippen molar-refractivity contribution in [2.24, 2.45) is 0 Å². The van der Waals surface area contributed by atoms with Gasteiger partial charge in [-0.05, 0) is 32.3 Å². The lowest BCUT2D eigenvalue weighted by Gasteiger charge is -2.26. The average Bonchev–Trinajstić information content (AvgIpc) is 2.74. The molecular weight excluding hydrogens is 256 g/mol. The van der Waals surface area contributed by atoms with Gasteiger partial charge in [0, 0.05) is 23.9 Å². The summed E-state index contributed by atoms with van der Waals surface area (Å²) in [4.78, 5) is 15.1. The third kappa shape index (κ3) is 5.52. The molecule has 3 nitrogen and oxygen atoms in total. The van der Waals surface area contributed by atoms with Crippen LogP contribution in [0.15, 0.2) is 17.5 Å². The highest BCUT2D eigenvalue weighted by atomic mass is 35.5. The lowest BCUT2D eigenvalue weighted by molar-refractivity contribution is -0.133. The Morgan fingerprint density at radius 2 is 2.24 bits per heavy atom. The molecule has 1 aromatic rings. The summed E-state index contributed by atoms with van der Waals surface area (Å²) in [6, 6.07) is 4.36. The SMILES string of the molecule is CNCCC(=O)N(Cc1cccs1)C(C)C.Cl. The van der Waals surface area contributed by atoms with E-state index in [2.05, 4.69) is 25.2 Å². The van der Waals surface area contributed by atoms with Crippen molar-refractivity contribution in [3.63, 3.8) is 0 Å². The van der Waals surface area contributed by atoms with Crippen LogP contribution in [0.3, 0.4) is 0 Å². The molecule has 0 aliphatic carbocycles. The molecule has 0 unspecified atom stereocenters.